The van der Waals surface area contributed by atoms with E-state index in [4.69, 9.17) is 17.2 Å². The molecule has 0 aromatic heterocycles. The molecule has 7 nitrogen and oxygen atoms in total. The van der Waals surface area contributed by atoms with Crippen LogP contribution < -0.4 is 22.5 Å². The maximum Gasteiger partial charge on any atom is 0.226 e. The SMILES string of the molecule is CC(C)C(=O)Nc1cccc(N=C(N)N=C(N)N)c1. The van der Waals surface area contributed by atoms with Gasteiger partial charge >= 0.3 is 0 Å². The minimum Gasteiger partial charge on any atom is -0.370 e. The van der Waals surface area contributed by atoms with Crippen LogP contribution in [0.5, 0.6) is 0 Å². The smallest absolute Gasteiger partial charge is 0.226 e. The Morgan fingerprint density at radius 3 is 2.53 bits per heavy atom. The van der Waals surface area contributed by atoms with E-state index < -0.39 is 0 Å². The van der Waals surface area contributed by atoms with Gasteiger partial charge in [0.15, 0.2) is 5.96 Å². The van der Waals surface area contributed by atoms with Crippen molar-refractivity contribution < 1.29 is 4.79 Å². The second kappa shape index (κ2) is 6.39. The molecule has 0 spiro atoms. The van der Waals surface area contributed by atoms with Gasteiger partial charge in [0, 0.05) is 11.6 Å². The zero-order chi connectivity index (χ0) is 14.4. The van der Waals surface area contributed by atoms with Gasteiger partial charge < -0.3 is 22.5 Å². The Balaban J connectivity index is 2.89. The molecule has 1 amide bonds. The van der Waals surface area contributed by atoms with Crippen LogP contribution >= 0.6 is 0 Å². The number of hydrogen-bond acceptors (Lipinski definition) is 2. The maximum atomic E-state index is 11.6. The molecule has 0 aliphatic carbocycles. The van der Waals surface area contributed by atoms with E-state index in [-0.39, 0.29) is 23.7 Å². The van der Waals surface area contributed by atoms with Gasteiger partial charge in [0.25, 0.3) is 0 Å². The molecule has 0 bridgehead atoms. The number of amides is 1. The van der Waals surface area contributed by atoms with Crippen molar-refractivity contribution in [2.75, 3.05) is 5.32 Å². The predicted octanol–water partition coefficient (Wildman–Crippen LogP) is 0.501. The van der Waals surface area contributed by atoms with E-state index in [0.29, 0.717) is 11.4 Å². The van der Waals surface area contributed by atoms with Crippen LogP contribution in [0.4, 0.5) is 11.4 Å². The molecule has 19 heavy (non-hydrogen) atoms. The molecule has 1 aromatic carbocycles. The second-order valence-corrected chi connectivity index (χ2v) is 4.20. The van der Waals surface area contributed by atoms with Gasteiger partial charge in [-0.1, -0.05) is 19.9 Å². The van der Waals surface area contributed by atoms with E-state index in [1.165, 1.54) is 0 Å². The Kier molecular flexibility index (Phi) is 4.87. The number of carbonyl (C=O) groups is 1. The minimum atomic E-state index is -0.162. The molecule has 0 saturated heterocycles. The summed E-state index contributed by atoms with van der Waals surface area (Å²) in [5.74, 6) is -0.380. The summed E-state index contributed by atoms with van der Waals surface area (Å²) in [5.41, 5.74) is 17.1. The Hall–Kier alpha value is -2.57. The molecular formula is C12H18N6O. The largest absolute Gasteiger partial charge is 0.370 e. The number of carbonyl (C=O) groups excluding carboxylic acids is 1. The lowest BCUT2D eigenvalue weighted by molar-refractivity contribution is -0.118. The van der Waals surface area contributed by atoms with Crippen molar-refractivity contribution in [2.45, 2.75) is 13.8 Å². The Morgan fingerprint density at radius 2 is 1.95 bits per heavy atom. The van der Waals surface area contributed by atoms with Crippen molar-refractivity contribution in [1.29, 1.82) is 0 Å². The van der Waals surface area contributed by atoms with Gasteiger partial charge in [-0.3, -0.25) is 4.79 Å². The summed E-state index contributed by atoms with van der Waals surface area (Å²) < 4.78 is 0. The Labute approximate surface area is 111 Å². The number of rotatable bonds is 3. The molecule has 7 N–H and O–H groups in total. The van der Waals surface area contributed by atoms with Crippen molar-refractivity contribution >= 4 is 29.2 Å². The van der Waals surface area contributed by atoms with Gasteiger partial charge in [-0.15, -0.1) is 0 Å². The zero-order valence-corrected chi connectivity index (χ0v) is 10.9. The fraction of sp³-hybridized carbons (Fsp3) is 0.250. The molecule has 0 saturated carbocycles. The summed E-state index contributed by atoms with van der Waals surface area (Å²) in [6.07, 6.45) is 0. The number of nitrogens with one attached hydrogen (secondary N) is 1. The van der Waals surface area contributed by atoms with Crippen LogP contribution in [0.15, 0.2) is 34.3 Å². The number of guanidine groups is 2. The summed E-state index contributed by atoms with van der Waals surface area (Å²) in [4.78, 5) is 19.2. The second-order valence-electron chi connectivity index (χ2n) is 4.20. The highest BCUT2D eigenvalue weighted by molar-refractivity contribution is 5.94. The standard InChI is InChI=1S/C12H18N6O/c1-7(2)10(19)16-8-4-3-5-9(6-8)17-12(15)18-11(13)14/h3-7H,1-2H3,(H,16,19)(H6,13,14,15,17,18). The molecule has 0 aliphatic heterocycles. The number of nitrogens with two attached hydrogens (primary N) is 3. The van der Waals surface area contributed by atoms with E-state index in [1.54, 1.807) is 24.3 Å². The molecule has 0 heterocycles. The monoisotopic (exact) mass is 262 g/mol. The average molecular weight is 262 g/mol. The van der Waals surface area contributed by atoms with Crippen LogP contribution in [0.25, 0.3) is 0 Å². The molecule has 7 heteroatoms. The first kappa shape index (κ1) is 14.5. The average Bonchev–Trinajstić information content (AvgIpc) is 2.27. The molecular weight excluding hydrogens is 244 g/mol. The van der Waals surface area contributed by atoms with Crippen LogP contribution in [-0.4, -0.2) is 17.8 Å². The lowest BCUT2D eigenvalue weighted by Gasteiger charge is -2.07. The van der Waals surface area contributed by atoms with E-state index in [2.05, 4.69) is 15.3 Å². The van der Waals surface area contributed by atoms with Crippen LogP contribution in [-0.2, 0) is 4.79 Å². The molecule has 1 aromatic rings. The van der Waals surface area contributed by atoms with Gasteiger partial charge in [0.1, 0.15) is 0 Å². The summed E-state index contributed by atoms with van der Waals surface area (Å²) >= 11 is 0. The van der Waals surface area contributed by atoms with E-state index in [1.807, 2.05) is 13.8 Å². The maximum absolute atomic E-state index is 11.6. The summed E-state index contributed by atoms with van der Waals surface area (Å²) in [6.45, 7) is 3.63. The van der Waals surface area contributed by atoms with Gasteiger partial charge in [-0.25, -0.2) is 4.99 Å². The van der Waals surface area contributed by atoms with Gasteiger partial charge in [-0.05, 0) is 18.2 Å². The molecule has 0 atom stereocenters. The molecule has 0 fully saturated rings. The summed E-state index contributed by atoms with van der Waals surface area (Å²) in [7, 11) is 0. The summed E-state index contributed by atoms with van der Waals surface area (Å²) in [6, 6.07) is 6.91. The third kappa shape index (κ3) is 5.07. The fourth-order valence-electron chi connectivity index (χ4n) is 1.23. The van der Waals surface area contributed by atoms with Crippen molar-refractivity contribution in [3.63, 3.8) is 0 Å². The lowest BCUT2D eigenvalue weighted by atomic mass is 10.2. The Bertz CT molecular complexity index is 517. The normalized spacial score (nSPS) is 11.2. The summed E-state index contributed by atoms with van der Waals surface area (Å²) in [5, 5.41) is 2.76. The van der Waals surface area contributed by atoms with E-state index in [0.717, 1.165) is 0 Å². The first-order valence-corrected chi connectivity index (χ1v) is 5.73. The third-order valence-corrected chi connectivity index (χ3v) is 2.13. The molecule has 0 aliphatic rings. The van der Waals surface area contributed by atoms with Crippen LogP contribution in [0.3, 0.4) is 0 Å². The predicted molar refractivity (Wildman–Crippen MR) is 77.0 cm³/mol. The van der Waals surface area contributed by atoms with Crippen molar-refractivity contribution in [2.24, 2.45) is 33.1 Å². The van der Waals surface area contributed by atoms with Crippen molar-refractivity contribution in [3.05, 3.63) is 24.3 Å². The van der Waals surface area contributed by atoms with E-state index >= 15 is 0 Å². The van der Waals surface area contributed by atoms with Gasteiger partial charge in [0.2, 0.25) is 11.9 Å². The molecule has 0 radical (unpaired) electrons. The highest BCUT2D eigenvalue weighted by Crippen LogP contribution is 2.18. The number of hydrogen-bond donors (Lipinski definition) is 4. The Morgan fingerprint density at radius 1 is 1.26 bits per heavy atom. The third-order valence-electron chi connectivity index (χ3n) is 2.13. The minimum absolute atomic E-state index is 0.0488. The number of anilines is 1. The van der Waals surface area contributed by atoms with Crippen LogP contribution in [0.1, 0.15) is 13.8 Å². The number of benzene rings is 1. The quantitative estimate of drug-likeness (QED) is 0.466. The van der Waals surface area contributed by atoms with Crippen LogP contribution in [0, 0.1) is 5.92 Å². The fourth-order valence-corrected chi connectivity index (χ4v) is 1.23. The first-order chi connectivity index (χ1) is 8.88. The number of nitrogens with zero attached hydrogens (tertiary/aromatic N) is 2. The van der Waals surface area contributed by atoms with E-state index in [9.17, 15) is 4.79 Å². The van der Waals surface area contributed by atoms with Crippen LogP contribution in [0.2, 0.25) is 0 Å². The number of aliphatic imine (C=N–C) groups is 2. The van der Waals surface area contributed by atoms with Gasteiger partial charge in [0.05, 0.1) is 5.69 Å². The van der Waals surface area contributed by atoms with Crippen molar-refractivity contribution in [1.82, 2.24) is 0 Å². The van der Waals surface area contributed by atoms with Crippen molar-refractivity contribution in [3.8, 4) is 0 Å². The molecule has 0 unspecified atom stereocenters. The topological polar surface area (TPSA) is 132 Å². The highest BCUT2D eigenvalue weighted by Gasteiger charge is 2.07. The lowest BCUT2D eigenvalue weighted by Crippen LogP contribution is -2.26. The highest BCUT2D eigenvalue weighted by atomic mass is 16.1. The zero-order valence-electron chi connectivity index (χ0n) is 10.9. The molecule has 102 valence electrons. The molecule has 1 rings (SSSR count). The first-order valence-electron chi connectivity index (χ1n) is 5.73. The van der Waals surface area contributed by atoms with Gasteiger partial charge in [-0.2, -0.15) is 4.99 Å².